The topological polar surface area (TPSA) is 41.3 Å². The summed E-state index contributed by atoms with van der Waals surface area (Å²) >= 11 is 12.2. The molecule has 1 rings (SSSR count). The molecule has 0 spiro atoms. The van der Waals surface area contributed by atoms with E-state index in [0.29, 0.717) is 16.5 Å². The average Bonchev–Trinajstić information content (AvgIpc) is 2.67. The molecule has 0 bridgehead atoms. The average molecular weight is 424 g/mol. The third kappa shape index (κ3) is 10.0. The van der Waals surface area contributed by atoms with Gasteiger partial charge in [0.2, 0.25) is 0 Å². The second kappa shape index (κ2) is 15.3. The molecule has 28 heavy (non-hydrogen) atoms. The third-order valence-electron chi connectivity index (χ3n) is 3.96. The van der Waals surface area contributed by atoms with Crippen molar-refractivity contribution in [2.45, 2.75) is 34.1 Å². The summed E-state index contributed by atoms with van der Waals surface area (Å²) in [6.45, 7) is 14.7. The van der Waals surface area contributed by atoms with E-state index in [1.807, 2.05) is 52.1 Å². The van der Waals surface area contributed by atoms with E-state index in [4.69, 9.17) is 28.9 Å². The maximum absolute atomic E-state index is 6.26. The molecule has 0 fully saturated rings. The van der Waals surface area contributed by atoms with Gasteiger partial charge in [0, 0.05) is 47.5 Å². The van der Waals surface area contributed by atoms with Crippen LogP contribution in [0, 0.1) is 0 Å². The van der Waals surface area contributed by atoms with Crippen LogP contribution in [0.4, 0.5) is 0 Å². The van der Waals surface area contributed by atoms with Gasteiger partial charge in [0.15, 0.2) is 0 Å². The van der Waals surface area contributed by atoms with Crippen molar-refractivity contribution in [1.82, 2.24) is 10.2 Å². The zero-order chi connectivity index (χ0) is 21.5. The molecule has 0 aliphatic rings. The molecule has 3 nitrogen and oxygen atoms in total. The van der Waals surface area contributed by atoms with Gasteiger partial charge in [-0.25, -0.2) is 0 Å². The summed E-state index contributed by atoms with van der Waals surface area (Å²) in [7, 11) is 1.95. The van der Waals surface area contributed by atoms with Gasteiger partial charge in [-0.3, -0.25) is 0 Å². The van der Waals surface area contributed by atoms with Crippen LogP contribution in [0.1, 0.15) is 39.7 Å². The minimum absolute atomic E-state index is 0.628. The molecule has 0 saturated carbocycles. The first-order chi connectivity index (χ1) is 13.4. The lowest BCUT2D eigenvalue weighted by Gasteiger charge is -2.24. The summed E-state index contributed by atoms with van der Waals surface area (Å²) in [4.78, 5) is 2.26. The number of nitrogens with one attached hydrogen (secondary N) is 1. The minimum atomic E-state index is 0.628. The largest absolute Gasteiger partial charge is 0.402 e. The Kier molecular flexibility index (Phi) is 14.4. The zero-order valence-electron chi connectivity index (χ0n) is 17.9. The Balaban J connectivity index is 0.00000352. The fourth-order valence-corrected chi connectivity index (χ4v) is 3.03. The van der Waals surface area contributed by atoms with Crippen LogP contribution < -0.4 is 11.1 Å². The molecule has 3 N–H and O–H groups in total. The van der Waals surface area contributed by atoms with E-state index in [1.54, 1.807) is 12.1 Å². The quantitative estimate of drug-likeness (QED) is 0.435. The van der Waals surface area contributed by atoms with Gasteiger partial charge in [0.25, 0.3) is 0 Å². The summed E-state index contributed by atoms with van der Waals surface area (Å²) in [6, 6.07) is 5.53. The predicted molar refractivity (Wildman–Crippen MR) is 128 cm³/mol. The highest BCUT2D eigenvalue weighted by Crippen LogP contribution is 2.24. The van der Waals surface area contributed by atoms with Crippen LogP contribution >= 0.6 is 23.2 Å². The summed E-state index contributed by atoms with van der Waals surface area (Å²) in [6.07, 6.45) is 8.52. The number of likely N-dealkylation sites (N-methyl/N-ethyl adjacent to an activating group) is 2. The molecule has 0 heterocycles. The molecule has 0 aromatic heterocycles. The third-order valence-corrected chi connectivity index (χ3v) is 4.40. The highest BCUT2D eigenvalue weighted by molar-refractivity contribution is 6.34. The Morgan fingerprint density at radius 3 is 2.32 bits per heavy atom. The molecule has 0 unspecified atom stereocenters. The number of nitrogens with zero attached hydrogens (tertiary/aromatic N) is 1. The molecule has 0 atom stereocenters. The Labute approximate surface area is 181 Å². The van der Waals surface area contributed by atoms with Crippen molar-refractivity contribution < 1.29 is 0 Å². The summed E-state index contributed by atoms with van der Waals surface area (Å²) < 4.78 is 0. The summed E-state index contributed by atoms with van der Waals surface area (Å²) in [5.74, 6) is 0. The van der Waals surface area contributed by atoms with Gasteiger partial charge in [-0.2, -0.15) is 0 Å². The van der Waals surface area contributed by atoms with E-state index in [1.165, 1.54) is 0 Å². The van der Waals surface area contributed by atoms with Gasteiger partial charge >= 0.3 is 0 Å². The minimum Gasteiger partial charge on any atom is -0.402 e. The Bertz CT molecular complexity index is 671. The van der Waals surface area contributed by atoms with Gasteiger partial charge < -0.3 is 16.0 Å². The molecular formula is C23H35Cl2N3. The van der Waals surface area contributed by atoms with Crippen molar-refractivity contribution in [3.8, 4) is 0 Å². The fraction of sp³-hybridized carbons (Fsp3) is 0.391. The first-order valence-electron chi connectivity index (χ1n) is 9.72. The molecule has 0 saturated heterocycles. The highest BCUT2D eigenvalue weighted by Gasteiger charge is 2.05. The monoisotopic (exact) mass is 423 g/mol. The molecule has 0 aliphatic heterocycles. The molecule has 156 valence electrons. The number of hydrogen-bond donors (Lipinski definition) is 2. The lowest BCUT2D eigenvalue weighted by Crippen LogP contribution is -2.30. The van der Waals surface area contributed by atoms with Gasteiger partial charge in [-0.05, 0) is 62.4 Å². The second-order valence-electron chi connectivity index (χ2n) is 5.98. The van der Waals surface area contributed by atoms with Crippen LogP contribution in [-0.2, 0) is 0 Å². The molecular weight excluding hydrogens is 389 g/mol. The van der Waals surface area contributed by atoms with Crippen LogP contribution in [0.15, 0.2) is 60.5 Å². The van der Waals surface area contributed by atoms with Gasteiger partial charge in [-0.15, -0.1) is 0 Å². The molecule has 5 heteroatoms. The van der Waals surface area contributed by atoms with E-state index in [-0.39, 0.29) is 0 Å². The Morgan fingerprint density at radius 1 is 1.21 bits per heavy atom. The second-order valence-corrected chi connectivity index (χ2v) is 6.85. The summed E-state index contributed by atoms with van der Waals surface area (Å²) in [5, 5.41) is 4.43. The zero-order valence-corrected chi connectivity index (χ0v) is 19.4. The predicted octanol–water partition coefficient (Wildman–Crippen LogP) is 6.27. The normalized spacial score (nSPS) is 12.3. The number of allylic oxidation sites excluding steroid dienone is 5. The van der Waals surface area contributed by atoms with Crippen molar-refractivity contribution in [2.24, 2.45) is 5.73 Å². The first kappa shape index (κ1) is 26.3. The van der Waals surface area contributed by atoms with Crippen molar-refractivity contribution in [3.63, 3.8) is 0 Å². The van der Waals surface area contributed by atoms with Crippen molar-refractivity contribution in [2.75, 3.05) is 26.7 Å². The van der Waals surface area contributed by atoms with Crippen LogP contribution in [0.3, 0.4) is 0 Å². The number of benzene rings is 1. The number of halogens is 2. The van der Waals surface area contributed by atoms with Crippen LogP contribution in [-0.4, -0.2) is 31.6 Å². The first-order valence-corrected chi connectivity index (χ1v) is 10.5. The van der Waals surface area contributed by atoms with Crippen LogP contribution in [0.2, 0.25) is 10.0 Å². The molecule has 1 aromatic rings. The number of rotatable bonds is 10. The number of nitrogens with two attached hydrogens (primary N) is 1. The van der Waals surface area contributed by atoms with Crippen molar-refractivity contribution in [1.29, 1.82) is 0 Å². The van der Waals surface area contributed by atoms with Gasteiger partial charge in [0.1, 0.15) is 0 Å². The molecule has 0 aliphatic carbocycles. The van der Waals surface area contributed by atoms with Gasteiger partial charge in [-0.1, -0.05) is 55.8 Å². The van der Waals surface area contributed by atoms with Crippen LogP contribution in [0.25, 0.3) is 5.57 Å². The van der Waals surface area contributed by atoms with E-state index >= 15 is 0 Å². The molecule has 1 aromatic carbocycles. The SMILES string of the molecule is C=C/C=C(\C=C(\N)C/C=C(\C)c1cc(Cl)cc(Cl)c1)N(CC)CCNC.CC. The van der Waals surface area contributed by atoms with Crippen molar-refractivity contribution >= 4 is 28.8 Å². The highest BCUT2D eigenvalue weighted by atomic mass is 35.5. The van der Waals surface area contributed by atoms with Crippen LogP contribution in [0.5, 0.6) is 0 Å². The lowest BCUT2D eigenvalue weighted by atomic mass is 10.1. The van der Waals surface area contributed by atoms with E-state index in [2.05, 4.69) is 29.8 Å². The number of hydrogen-bond acceptors (Lipinski definition) is 3. The standard InChI is InChI=1S/C21H29Cl2N3.C2H6/c1-5-7-21(26(6-2)11-10-25-4)15-20(24)9-8-16(3)17-12-18(22)14-19(23)13-17;1-2/h5,7-8,12-15,25H,1,6,9-11,24H2,2-4H3;1-2H3/b16-8+,20-15+,21-7+;. The Hall–Kier alpha value is -1.68. The van der Waals surface area contributed by atoms with Gasteiger partial charge in [0.05, 0.1) is 0 Å². The maximum Gasteiger partial charge on any atom is 0.0426 e. The van der Waals surface area contributed by atoms with E-state index in [0.717, 1.165) is 42.2 Å². The van der Waals surface area contributed by atoms with Crippen molar-refractivity contribution in [3.05, 3.63) is 76.1 Å². The van der Waals surface area contributed by atoms with E-state index in [9.17, 15) is 0 Å². The molecule has 0 radical (unpaired) electrons. The smallest absolute Gasteiger partial charge is 0.0426 e. The maximum atomic E-state index is 6.26. The fourth-order valence-electron chi connectivity index (χ4n) is 2.50. The van der Waals surface area contributed by atoms with E-state index < -0.39 is 0 Å². The Morgan fingerprint density at radius 2 is 1.82 bits per heavy atom. The summed E-state index contributed by atoms with van der Waals surface area (Å²) in [5.41, 5.74) is 10.2. The molecule has 0 amide bonds. The lowest BCUT2D eigenvalue weighted by molar-refractivity contribution is 0.373.